The van der Waals surface area contributed by atoms with Crippen LogP contribution in [0.1, 0.15) is 13.3 Å². The van der Waals surface area contributed by atoms with Crippen LogP contribution in [0.4, 0.5) is 5.69 Å². The zero-order valence-corrected chi connectivity index (χ0v) is 8.59. The standard InChI is InChI=1S/C10H13N5/c1-2-6-15-10(12-13-14-15)8-4-3-5-9(11)7-8/h3-5,7H,2,6,11H2,1H3. The fourth-order valence-electron chi connectivity index (χ4n) is 1.45. The monoisotopic (exact) mass is 203 g/mol. The van der Waals surface area contributed by atoms with Crippen LogP contribution in [0.2, 0.25) is 0 Å². The molecule has 0 unspecified atom stereocenters. The molecule has 2 N–H and O–H groups in total. The van der Waals surface area contributed by atoms with Gasteiger partial charge in [-0.1, -0.05) is 19.1 Å². The summed E-state index contributed by atoms with van der Waals surface area (Å²) in [7, 11) is 0. The summed E-state index contributed by atoms with van der Waals surface area (Å²) >= 11 is 0. The van der Waals surface area contributed by atoms with Gasteiger partial charge in [0.05, 0.1) is 0 Å². The lowest BCUT2D eigenvalue weighted by Crippen LogP contribution is -2.02. The van der Waals surface area contributed by atoms with Crippen molar-refractivity contribution in [1.29, 1.82) is 0 Å². The lowest BCUT2D eigenvalue weighted by atomic mass is 10.2. The van der Waals surface area contributed by atoms with Crippen LogP contribution in [0.15, 0.2) is 24.3 Å². The number of tetrazole rings is 1. The van der Waals surface area contributed by atoms with Gasteiger partial charge < -0.3 is 5.73 Å². The predicted molar refractivity (Wildman–Crippen MR) is 58.0 cm³/mol. The highest BCUT2D eigenvalue weighted by Gasteiger charge is 2.07. The summed E-state index contributed by atoms with van der Waals surface area (Å²) in [6.45, 7) is 2.90. The number of nitrogens with two attached hydrogens (primary N) is 1. The molecule has 0 atom stereocenters. The van der Waals surface area contributed by atoms with Gasteiger partial charge in [-0.2, -0.15) is 0 Å². The molecule has 1 aromatic heterocycles. The Morgan fingerprint density at radius 2 is 2.27 bits per heavy atom. The molecule has 0 aliphatic carbocycles. The summed E-state index contributed by atoms with van der Waals surface area (Å²) in [5, 5.41) is 11.6. The second kappa shape index (κ2) is 4.08. The van der Waals surface area contributed by atoms with Crippen molar-refractivity contribution in [1.82, 2.24) is 20.2 Å². The van der Waals surface area contributed by atoms with Crippen molar-refractivity contribution >= 4 is 5.69 Å². The molecule has 5 nitrogen and oxygen atoms in total. The van der Waals surface area contributed by atoms with Gasteiger partial charge in [-0.3, -0.25) is 0 Å². The summed E-state index contributed by atoms with van der Waals surface area (Å²) in [5.74, 6) is 0.768. The van der Waals surface area contributed by atoms with Gasteiger partial charge in [0.25, 0.3) is 0 Å². The third kappa shape index (κ3) is 1.96. The van der Waals surface area contributed by atoms with E-state index in [1.165, 1.54) is 0 Å². The van der Waals surface area contributed by atoms with Crippen LogP contribution >= 0.6 is 0 Å². The van der Waals surface area contributed by atoms with Crippen molar-refractivity contribution in [2.24, 2.45) is 0 Å². The number of benzene rings is 1. The van der Waals surface area contributed by atoms with Crippen LogP contribution in [0.25, 0.3) is 11.4 Å². The summed E-state index contributed by atoms with van der Waals surface area (Å²) < 4.78 is 1.79. The molecule has 0 radical (unpaired) electrons. The van der Waals surface area contributed by atoms with E-state index in [-0.39, 0.29) is 0 Å². The highest BCUT2D eigenvalue weighted by atomic mass is 15.5. The number of rotatable bonds is 3. The predicted octanol–water partition coefficient (Wildman–Crippen LogP) is 1.33. The third-order valence-corrected chi connectivity index (χ3v) is 2.11. The first-order valence-corrected chi connectivity index (χ1v) is 4.93. The highest BCUT2D eigenvalue weighted by Crippen LogP contribution is 2.18. The second-order valence-corrected chi connectivity index (χ2v) is 3.35. The average molecular weight is 203 g/mol. The molecule has 0 bridgehead atoms. The molecule has 0 saturated carbocycles. The smallest absolute Gasteiger partial charge is 0.182 e. The zero-order valence-electron chi connectivity index (χ0n) is 8.59. The molecule has 1 aromatic carbocycles. The minimum Gasteiger partial charge on any atom is -0.399 e. The number of anilines is 1. The van der Waals surface area contributed by atoms with E-state index in [9.17, 15) is 0 Å². The lowest BCUT2D eigenvalue weighted by molar-refractivity contribution is 0.583. The van der Waals surface area contributed by atoms with Gasteiger partial charge in [-0.05, 0) is 29.0 Å². The summed E-state index contributed by atoms with van der Waals surface area (Å²) in [6.07, 6.45) is 1.00. The molecule has 2 aromatic rings. The zero-order chi connectivity index (χ0) is 10.7. The van der Waals surface area contributed by atoms with Gasteiger partial charge in [0.2, 0.25) is 0 Å². The maximum absolute atomic E-state index is 5.71. The topological polar surface area (TPSA) is 69.6 Å². The maximum atomic E-state index is 5.71. The first-order chi connectivity index (χ1) is 7.31. The van der Waals surface area contributed by atoms with E-state index in [0.29, 0.717) is 0 Å². The molecule has 0 spiro atoms. The Labute approximate surface area is 87.9 Å². The van der Waals surface area contributed by atoms with Crippen LogP contribution in [0.3, 0.4) is 0 Å². The maximum Gasteiger partial charge on any atom is 0.182 e. The highest BCUT2D eigenvalue weighted by molar-refractivity contribution is 5.60. The van der Waals surface area contributed by atoms with Crippen molar-refractivity contribution < 1.29 is 0 Å². The van der Waals surface area contributed by atoms with E-state index in [0.717, 1.165) is 30.0 Å². The fourth-order valence-corrected chi connectivity index (χ4v) is 1.45. The van der Waals surface area contributed by atoms with E-state index in [1.807, 2.05) is 24.3 Å². The Balaban J connectivity index is 2.40. The van der Waals surface area contributed by atoms with Gasteiger partial charge in [0, 0.05) is 17.8 Å². The van der Waals surface area contributed by atoms with Crippen LogP contribution in [-0.2, 0) is 6.54 Å². The Kier molecular flexibility index (Phi) is 2.62. The van der Waals surface area contributed by atoms with E-state index >= 15 is 0 Å². The molecule has 5 heteroatoms. The van der Waals surface area contributed by atoms with Gasteiger partial charge in [-0.25, -0.2) is 4.68 Å². The van der Waals surface area contributed by atoms with Crippen molar-refractivity contribution in [3.8, 4) is 11.4 Å². The van der Waals surface area contributed by atoms with E-state index in [1.54, 1.807) is 4.68 Å². The van der Waals surface area contributed by atoms with Crippen LogP contribution in [0.5, 0.6) is 0 Å². The minimum absolute atomic E-state index is 0.721. The second-order valence-electron chi connectivity index (χ2n) is 3.35. The Hall–Kier alpha value is -1.91. The molecule has 78 valence electrons. The van der Waals surface area contributed by atoms with Gasteiger partial charge in [-0.15, -0.1) is 5.10 Å². The minimum atomic E-state index is 0.721. The van der Waals surface area contributed by atoms with Crippen LogP contribution < -0.4 is 5.73 Å². The summed E-state index contributed by atoms with van der Waals surface area (Å²) in [6, 6.07) is 7.57. The first-order valence-electron chi connectivity index (χ1n) is 4.93. The number of aromatic nitrogens is 4. The van der Waals surface area contributed by atoms with E-state index in [4.69, 9.17) is 5.73 Å². The molecular weight excluding hydrogens is 190 g/mol. The summed E-state index contributed by atoms with van der Waals surface area (Å²) in [5.41, 5.74) is 7.38. The van der Waals surface area contributed by atoms with Crippen molar-refractivity contribution in [2.45, 2.75) is 19.9 Å². The Morgan fingerprint density at radius 3 is 3.00 bits per heavy atom. The molecular formula is C10H13N5. The largest absolute Gasteiger partial charge is 0.399 e. The normalized spacial score (nSPS) is 10.5. The SMILES string of the molecule is CCCn1nnnc1-c1cccc(N)c1. The van der Waals surface area contributed by atoms with Gasteiger partial charge >= 0.3 is 0 Å². The molecule has 0 fully saturated rings. The molecule has 2 rings (SSSR count). The number of hydrogen-bond donors (Lipinski definition) is 1. The molecule has 15 heavy (non-hydrogen) atoms. The van der Waals surface area contributed by atoms with Crippen LogP contribution in [0, 0.1) is 0 Å². The molecule has 0 aliphatic heterocycles. The number of aryl methyl sites for hydroxylation is 1. The quantitative estimate of drug-likeness (QED) is 0.764. The van der Waals surface area contributed by atoms with Crippen molar-refractivity contribution in [3.05, 3.63) is 24.3 Å². The van der Waals surface area contributed by atoms with Gasteiger partial charge in [0.15, 0.2) is 5.82 Å². The number of nitrogen functional groups attached to an aromatic ring is 1. The molecule has 0 amide bonds. The number of hydrogen-bond acceptors (Lipinski definition) is 4. The van der Waals surface area contributed by atoms with Crippen LogP contribution in [-0.4, -0.2) is 20.2 Å². The average Bonchev–Trinajstić information content (AvgIpc) is 2.66. The van der Waals surface area contributed by atoms with Crippen molar-refractivity contribution in [3.63, 3.8) is 0 Å². The lowest BCUT2D eigenvalue weighted by Gasteiger charge is -2.03. The third-order valence-electron chi connectivity index (χ3n) is 2.11. The first kappa shape index (κ1) is 9.64. The molecule has 0 saturated heterocycles. The van der Waals surface area contributed by atoms with E-state index in [2.05, 4.69) is 22.4 Å². The van der Waals surface area contributed by atoms with E-state index < -0.39 is 0 Å². The van der Waals surface area contributed by atoms with Crippen molar-refractivity contribution in [2.75, 3.05) is 5.73 Å². The Bertz CT molecular complexity index is 449. The molecule has 0 aliphatic rings. The fraction of sp³-hybridized carbons (Fsp3) is 0.300. The number of nitrogens with zero attached hydrogens (tertiary/aromatic N) is 4. The Morgan fingerprint density at radius 1 is 1.40 bits per heavy atom. The summed E-state index contributed by atoms with van der Waals surface area (Å²) in [4.78, 5) is 0. The van der Waals surface area contributed by atoms with Gasteiger partial charge in [0.1, 0.15) is 0 Å². The molecule has 1 heterocycles.